The molecular formula is C27H27BrCl2N2O3. The third-order valence-corrected chi connectivity index (χ3v) is 7.10. The van der Waals surface area contributed by atoms with Crippen LogP contribution in [0.15, 0.2) is 71.2 Å². The van der Waals surface area contributed by atoms with Gasteiger partial charge in [0.05, 0.1) is 0 Å². The second-order valence-electron chi connectivity index (χ2n) is 8.02. The molecule has 0 unspecified atom stereocenters. The van der Waals surface area contributed by atoms with Crippen LogP contribution in [0.2, 0.25) is 10.0 Å². The van der Waals surface area contributed by atoms with Gasteiger partial charge in [0, 0.05) is 39.6 Å². The largest absolute Gasteiger partial charge is 0.484 e. The highest BCUT2D eigenvalue weighted by atomic mass is 79.9. The Morgan fingerprint density at radius 2 is 1.71 bits per heavy atom. The molecule has 0 aliphatic carbocycles. The number of ether oxygens (including phenoxy) is 1. The van der Waals surface area contributed by atoms with Gasteiger partial charge in [0.25, 0.3) is 5.91 Å². The maximum absolute atomic E-state index is 13.6. The average molecular weight is 578 g/mol. The van der Waals surface area contributed by atoms with Crippen molar-refractivity contribution in [3.63, 3.8) is 0 Å². The number of nitrogens with zero attached hydrogens (tertiary/aromatic N) is 1. The van der Waals surface area contributed by atoms with Gasteiger partial charge in [0.15, 0.2) is 6.61 Å². The molecule has 5 nitrogen and oxygen atoms in total. The molecule has 184 valence electrons. The van der Waals surface area contributed by atoms with Crippen molar-refractivity contribution in [2.45, 2.75) is 32.9 Å². The van der Waals surface area contributed by atoms with E-state index in [1.165, 1.54) is 4.90 Å². The maximum Gasteiger partial charge on any atom is 0.261 e. The lowest BCUT2D eigenvalue weighted by molar-refractivity contribution is -0.142. The van der Waals surface area contributed by atoms with Gasteiger partial charge in [0.1, 0.15) is 11.8 Å². The predicted molar refractivity (Wildman–Crippen MR) is 144 cm³/mol. The van der Waals surface area contributed by atoms with Gasteiger partial charge in [-0.05, 0) is 55.3 Å². The van der Waals surface area contributed by atoms with Crippen LogP contribution in [0.1, 0.15) is 23.6 Å². The van der Waals surface area contributed by atoms with Gasteiger partial charge >= 0.3 is 0 Å². The van der Waals surface area contributed by atoms with Crippen LogP contribution in [0, 0.1) is 6.92 Å². The van der Waals surface area contributed by atoms with Crippen LogP contribution in [0.5, 0.6) is 5.75 Å². The zero-order valence-corrected chi connectivity index (χ0v) is 22.7. The lowest BCUT2D eigenvalue weighted by Crippen LogP contribution is -2.51. The van der Waals surface area contributed by atoms with Gasteiger partial charge in [-0.2, -0.15) is 0 Å². The van der Waals surface area contributed by atoms with Gasteiger partial charge < -0.3 is 15.0 Å². The number of carbonyl (C=O) groups is 2. The summed E-state index contributed by atoms with van der Waals surface area (Å²) < 4.78 is 6.76. The van der Waals surface area contributed by atoms with Crippen molar-refractivity contribution in [2.24, 2.45) is 0 Å². The Kier molecular flexibility index (Phi) is 10.0. The molecule has 0 aromatic heterocycles. The van der Waals surface area contributed by atoms with Gasteiger partial charge in [-0.25, -0.2) is 0 Å². The van der Waals surface area contributed by atoms with Crippen molar-refractivity contribution < 1.29 is 14.3 Å². The third kappa shape index (κ3) is 7.47. The van der Waals surface area contributed by atoms with Crippen molar-refractivity contribution in [3.05, 3.63) is 97.9 Å². The molecule has 1 N–H and O–H groups in total. The van der Waals surface area contributed by atoms with E-state index in [0.29, 0.717) is 34.3 Å². The van der Waals surface area contributed by atoms with E-state index in [4.69, 9.17) is 27.9 Å². The Labute approximate surface area is 224 Å². The van der Waals surface area contributed by atoms with E-state index in [9.17, 15) is 9.59 Å². The molecule has 0 saturated carbocycles. The monoisotopic (exact) mass is 576 g/mol. The molecule has 0 saturated heterocycles. The molecule has 0 radical (unpaired) electrons. The van der Waals surface area contributed by atoms with E-state index in [0.717, 1.165) is 15.6 Å². The Balaban J connectivity index is 1.94. The Morgan fingerprint density at radius 3 is 2.34 bits per heavy atom. The molecule has 0 aliphatic heterocycles. The molecule has 0 spiro atoms. The first-order chi connectivity index (χ1) is 16.8. The number of amides is 2. The molecule has 0 aliphatic rings. The normalized spacial score (nSPS) is 11.6. The number of likely N-dealkylation sites (N-methyl/N-ethyl adjacent to an activating group) is 1. The minimum absolute atomic E-state index is 0.0642. The molecule has 8 heteroatoms. The van der Waals surface area contributed by atoms with Crippen LogP contribution in [-0.2, 0) is 22.6 Å². The summed E-state index contributed by atoms with van der Waals surface area (Å²) in [6.45, 7) is 4.04. The Bertz CT molecular complexity index is 1150. The third-order valence-electron chi connectivity index (χ3n) is 5.50. The molecule has 0 bridgehead atoms. The number of hydrogen-bond donors (Lipinski definition) is 1. The fourth-order valence-electron chi connectivity index (χ4n) is 3.63. The summed E-state index contributed by atoms with van der Waals surface area (Å²) in [6, 6.07) is 19.4. The second-order valence-corrected chi connectivity index (χ2v) is 9.69. The highest BCUT2D eigenvalue weighted by Crippen LogP contribution is 2.27. The fourth-order valence-corrected chi connectivity index (χ4v) is 4.40. The van der Waals surface area contributed by atoms with Crippen LogP contribution in [0.3, 0.4) is 0 Å². The summed E-state index contributed by atoms with van der Waals surface area (Å²) in [5.41, 5.74) is 2.49. The molecule has 1 atom stereocenters. The van der Waals surface area contributed by atoms with Crippen LogP contribution < -0.4 is 10.1 Å². The van der Waals surface area contributed by atoms with E-state index in [-0.39, 0.29) is 25.0 Å². The molecule has 3 aromatic carbocycles. The van der Waals surface area contributed by atoms with Crippen LogP contribution in [0.4, 0.5) is 0 Å². The van der Waals surface area contributed by atoms with Gasteiger partial charge in [0.2, 0.25) is 5.91 Å². The van der Waals surface area contributed by atoms with Crippen LogP contribution in [-0.4, -0.2) is 35.9 Å². The maximum atomic E-state index is 13.6. The molecular weight excluding hydrogens is 551 g/mol. The molecule has 3 rings (SSSR count). The van der Waals surface area contributed by atoms with E-state index in [1.807, 2.05) is 56.3 Å². The smallest absolute Gasteiger partial charge is 0.261 e. The summed E-state index contributed by atoms with van der Waals surface area (Å²) >= 11 is 16.3. The topological polar surface area (TPSA) is 58.6 Å². The summed E-state index contributed by atoms with van der Waals surface area (Å²) in [6.07, 6.45) is 0.331. The van der Waals surface area contributed by atoms with Crippen molar-refractivity contribution in [1.29, 1.82) is 0 Å². The summed E-state index contributed by atoms with van der Waals surface area (Å²) in [7, 11) is 0. The van der Waals surface area contributed by atoms with Gasteiger partial charge in [-0.15, -0.1) is 0 Å². The Hall–Kier alpha value is -2.54. The average Bonchev–Trinajstić information content (AvgIpc) is 2.84. The SMILES string of the molecule is CCNC(=O)[C@@H](Cc1ccccc1)N(Cc1c(Cl)cccc1Cl)C(=O)COc1ccc(Br)c(C)c1. The van der Waals surface area contributed by atoms with Crippen molar-refractivity contribution in [1.82, 2.24) is 10.2 Å². The number of benzene rings is 3. The lowest BCUT2D eigenvalue weighted by atomic mass is 10.0. The van der Waals surface area contributed by atoms with Crippen LogP contribution >= 0.6 is 39.1 Å². The first kappa shape index (κ1) is 27.1. The van der Waals surface area contributed by atoms with Crippen molar-refractivity contribution >= 4 is 50.9 Å². The van der Waals surface area contributed by atoms with Crippen LogP contribution in [0.25, 0.3) is 0 Å². The van der Waals surface area contributed by atoms with E-state index in [2.05, 4.69) is 21.2 Å². The number of aryl methyl sites for hydroxylation is 1. The number of hydrogen-bond acceptors (Lipinski definition) is 3. The number of carbonyl (C=O) groups excluding carboxylic acids is 2. The van der Waals surface area contributed by atoms with E-state index < -0.39 is 6.04 Å². The first-order valence-electron chi connectivity index (χ1n) is 11.2. The molecule has 2 amide bonds. The minimum atomic E-state index is -0.785. The van der Waals surface area contributed by atoms with E-state index >= 15 is 0 Å². The predicted octanol–water partition coefficient (Wildman–Crippen LogP) is 6.22. The minimum Gasteiger partial charge on any atom is -0.484 e. The summed E-state index contributed by atoms with van der Waals surface area (Å²) in [5, 5.41) is 3.71. The van der Waals surface area contributed by atoms with E-state index in [1.54, 1.807) is 24.3 Å². The number of halogens is 3. The lowest BCUT2D eigenvalue weighted by Gasteiger charge is -2.32. The summed E-state index contributed by atoms with van der Waals surface area (Å²) in [5.74, 6) is -0.0477. The van der Waals surface area contributed by atoms with Gasteiger partial charge in [-0.1, -0.05) is 75.5 Å². The molecule has 0 heterocycles. The highest BCUT2D eigenvalue weighted by molar-refractivity contribution is 9.10. The standard InChI is InChI=1S/C27H27BrCl2N2O3/c1-3-31-27(34)25(15-19-8-5-4-6-9-19)32(16-21-23(29)10-7-11-24(21)30)26(33)17-35-20-12-13-22(28)18(2)14-20/h4-14,25H,3,15-17H2,1-2H3,(H,31,34)/t25-/m1/s1. The Morgan fingerprint density at radius 1 is 1.03 bits per heavy atom. The molecule has 3 aromatic rings. The zero-order valence-electron chi connectivity index (χ0n) is 19.6. The first-order valence-corrected chi connectivity index (χ1v) is 12.8. The van der Waals surface area contributed by atoms with Crippen molar-refractivity contribution in [3.8, 4) is 5.75 Å². The number of rotatable bonds is 10. The number of nitrogens with one attached hydrogen (secondary N) is 1. The second kappa shape index (κ2) is 13.0. The van der Waals surface area contributed by atoms with Crippen molar-refractivity contribution in [2.75, 3.05) is 13.2 Å². The zero-order chi connectivity index (χ0) is 25.4. The fraction of sp³-hybridized carbons (Fsp3) is 0.259. The molecule has 35 heavy (non-hydrogen) atoms. The highest BCUT2D eigenvalue weighted by Gasteiger charge is 2.31. The summed E-state index contributed by atoms with van der Waals surface area (Å²) in [4.78, 5) is 28.3. The quantitative estimate of drug-likeness (QED) is 0.311. The van der Waals surface area contributed by atoms with Gasteiger partial charge in [-0.3, -0.25) is 9.59 Å². The molecule has 0 fully saturated rings.